The van der Waals surface area contributed by atoms with Crippen molar-refractivity contribution in [3.63, 3.8) is 0 Å². The second-order valence-corrected chi connectivity index (χ2v) is 5.90. The molecule has 4 rings (SSSR count). The summed E-state index contributed by atoms with van der Waals surface area (Å²) in [4.78, 5) is 17.5. The third-order valence-electron chi connectivity index (χ3n) is 4.29. The van der Waals surface area contributed by atoms with Crippen molar-refractivity contribution in [1.82, 2.24) is 35.1 Å². The molecule has 0 spiro atoms. The second-order valence-electron chi connectivity index (χ2n) is 5.90. The number of rotatable bonds is 5. The molecule has 0 radical (unpaired) electrons. The Morgan fingerprint density at radius 1 is 1.12 bits per heavy atom. The molecule has 0 fully saturated rings. The van der Waals surface area contributed by atoms with Crippen molar-refractivity contribution < 1.29 is 4.79 Å². The first kappa shape index (κ1) is 15.9. The van der Waals surface area contributed by atoms with Gasteiger partial charge in [0.2, 0.25) is 5.91 Å². The molecular formula is C18H17N7O. The number of carbonyl (C=O) groups is 1. The van der Waals surface area contributed by atoms with Crippen LogP contribution in [0.4, 0.5) is 0 Å². The van der Waals surface area contributed by atoms with E-state index in [9.17, 15) is 4.79 Å². The highest BCUT2D eigenvalue weighted by Gasteiger charge is 2.24. The van der Waals surface area contributed by atoms with E-state index >= 15 is 0 Å². The van der Waals surface area contributed by atoms with E-state index in [1.807, 2.05) is 66.2 Å². The summed E-state index contributed by atoms with van der Waals surface area (Å²) in [7, 11) is 1.94. The Balaban J connectivity index is 1.58. The van der Waals surface area contributed by atoms with E-state index in [-0.39, 0.29) is 5.91 Å². The summed E-state index contributed by atoms with van der Waals surface area (Å²) >= 11 is 0. The van der Waals surface area contributed by atoms with Crippen LogP contribution in [0.3, 0.4) is 0 Å². The maximum absolute atomic E-state index is 12.9. The average molecular weight is 347 g/mol. The van der Waals surface area contributed by atoms with Crippen LogP contribution < -0.4 is 5.32 Å². The molecule has 0 aliphatic heterocycles. The molecule has 4 aromatic rings. The fraction of sp³-hybridized carbons (Fsp3) is 0.167. The third kappa shape index (κ3) is 2.92. The molecule has 0 saturated carbocycles. The van der Waals surface area contributed by atoms with Crippen LogP contribution in [0.2, 0.25) is 0 Å². The summed E-state index contributed by atoms with van der Waals surface area (Å²) < 4.78 is 3.42. The van der Waals surface area contributed by atoms with Crippen molar-refractivity contribution in [2.24, 2.45) is 7.05 Å². The number of imidazole rings is 1. The Morgan fingerprint density at radius 2 is 1.88 bits per heavy atom. The van der Waals surface area contributed by atoms with Gasteiger partial charge in [0, 0.05) is 7.05 Å². The lowest BCUT2D eigenvalue weighted by Gasteiger charge is -2.16. The molecule has 0 aliphatic rings. The number of fused-ring (bicyclic) bond motifs is 1. The zero-order valence-corrected chi connectivity index (χ0v) is 14.1. The van der Waals surface area contributed by atoms with Crippen LogP contribution in [-0.4, -0.2) is 35.7 Å². The first-order chi connectivity index (χ1) is 12.7. The number of amides is 1. The largest absolute Gasteiger partial charge is 0.347 e. The monoisotopic (exact) mass is 347 g/mol. The normalized spacial score (nSPS) is 12.2. The average Bonchev–Trinajstić information content (AvgIpc) is 3.30. The van der Waals surface area contributed by atoms with Crippen LogP contribution in [0, 0.1) is 0 Å². The van der Waals surface area contributed by atoms with E-state index in [0.717, 1.165) is 22.4 Å². The van der Waals surface area contributed by atoms with Crippen LogP contribution in [-0.2, 0) is 18.4 Å². The van der Waals surface area contributed by atoms with Gasteiger partial charge >= 0.3 is 0 Å². The molecule has 8 nitrogen and oxygen atoms in total. The molecule has 8 heteroatoms. The molecule has 0 aliphatic carbocycles. The summed E-state index contributed by atoms with van der Waals surface area (Å²) in [6.45, 7) is 0.315. The minimum atomic E-state index is -0.638. The van der Waals surface area contributed by atoms with Crippen molar-refractivity contribution in [2.75, 3.05) is 0 Å². The van der Waals surface area contributed by atoms with Gasteiger partial charge in [0.1, 0.15) is 12.2 Å². The van der Waals surface area contributed by atoms with Gasteiger partial charge in [0.15, 0.2) is 6.04 Å². The first-order valence-electron chi connectivity index (χ1n) is 8.19. The molecule has 2 aromatic heterocycles. The van der Waals surface area contributed by atoms with Crippen molar-refractivity contribution in [2.45, 2.75) is 12.6 Å². The topological polar surface area (TPSA) is 90.5 Å². The van der Waals surface area contributed by atoms with Crippen molar-refractivity contribution >= 4 is 16.9 Å². The van der Waals surface area contributed by atoms with E-state index in [1.54, 1.807) is 0 Å². The minimum Gasteiger partial charge on any atom is -0.347 e. The lowest BCUT2D eigenvalue weighted by atomic mass is 10.1. The predicted molar refractivity (Wildman–Crippen MR) is 95.0 cm³/mol. The van der Waals surface area contributed by atoms with Crippen molar-refractivity contribution in [3.8, 4) is 0 Å². The van der Waals surface area contributed by atoms with Gasteiger partial charge < -0.3 is 9.88 Å². The molecule has 1 amide bonds. The lowest BCUT2D eigenvalue weighted by Crippen LogP contribution is -2.34. The number of hydrogen-bond donors (Lipinski definition) is 1. The van der Waals surface area contributed by atoms with Crippen LogP contribution in [0.15, 0.2) is 60.9 Å². The summed E-state index contributed by atoms with van der Waals surface area (Å²) in [6, 6.07) is 16.6. The molecule has 2 aromatic carbocycles. The molecule has 26 heavy (non-hydrogen) atoms. The first-order valence-corrected chi connectivity index (χ1v) is 8.19. The van der Waals surface area contributed by atoms with E-state index < -0.39 is 6.04 Å². The van der Waals surface area contributed by atoms with Gasteiger partial charge in [-0.15, -0.1) is 5.10 Å². The van der Waals surface area contributed by atoms with E-state index in [0.29, 0.717) is 6.54 Å². The maximum Gasteiger partial charge on any atom is 0.249 e. The van der Waals surface area contributed by atoms with E-state index in [2.05, 4.69) is 25.8 Å². The number of nitrogens with zero attached hydrogens (tertiary/aromatic N) is 6. The summed E-state index contributed by atoms with van der Waals surface area (Å²) in [5.41, 5.74) is 2.73. The molecule has 130 valence electrons. The smallest absolute Gasteiger partial charge is 0.249 e. The van der Waals surface area contributed by atoms with Gasteiger partial charge in [-0.25, -0.2) is 9.67 Å². The number of aromatic nitrogens is 6. The number of aryl methyl sites for hydroxylation is 1. The number of para-hydroxylation sites is 2. The van der Waals surface area contributed by atoms with Gasteiger partial charge in [-0.3, -0.25) is 4.79 Å². The second kappa shape index (κ2) is 6.75. The Bertz CT molecular complexity index is 1020. The summed E-state index contributed by atoms with van der Waals surface area (Å²) in [5.74, 6) is 0.582. The van der Waals surface area contributed by atoms with Crippen LogP contribution >= 0.6 is 0 Å². The highest BCUT2D eigenvalue weighted by Crippen LogP contribution is 2.18. The molecule has 0 saturated heterocycles. The van der Waals surface area contributed by atoms with Crippen molar-refractivity contribution in [3.05, 3.63) is 72.3 Å². The summed E-state index contributed by atoms with van der Waals surface area (Å²) in [5, 5.41) is 14.1. The van der Waals surface area contributed by atoms with Crippen LogP contribution in [0.1, 0.15) is 17.4 Å². The molecule has 0 unspecified atom stereocenters. The summed E-state index contributed by atoms with van der Waals surface area (Å²) in [6.07, 6.45) is 1.44. The van der Waals surface area contributed by atoms with Crippen molar-refractivity contribution in [1.29, 1.82) is 0 Å². The fourth-order valence-electron chi connectivity index (χ4n) is 2.96. The fourth-order valence-corrected chi connectivity index (χ4v) is 2.96. The van der Waals surface area contributed by atoms with Gasteiger partial charge in [-0.05, 0) is 28.1 Å². The zero-order chi connectivity index (χ0) is 17.9. The number of carbonyl (C=O) groups excluding carboxylic acids is 1. The number of tetrazole rings is 1. The maximum atomic E-state index is 12.9. The van der Waals surface area contributed by atoms with E-state index in [4.69, 9.17) is 0 Å². The minimum absolute atomic E-state index is 0.199. The van der Waals surface area contributed by atoms with Crippen LogP contribution in [0.5, 0.6) is 0 Å². The standard InChI is InChI=1S/C18H17N7O/c1-24-15-10-6-5-9-14(15)21-16(24)11-19-18(26)17(25-12-20-22-23-25)13-7-3-2-4-8-13/h2-10,12,17H,11H2,1H3,(H,19,26)/t17-/m0/s1. The highest BCUT2D eigenvalue weighted by molar-refractivity contribution is 5.83. The molecular weight excluding hydrogens is 330 g/mol. The number of benzene rings is 2. The van der Waals surface area contributed by atoms with Gasteiger partial charge in [0.25, 0.3) is 0 Å². The molecule has 1 atom stereocenters. The van der Waals surface area contributed by atoms with Gasteiger partial charge in [0.05, 0.1) is 17.6 Å². The Kier molecular flexibility index (Phi) is 4.14. The highest BCUT2D eigenvalue weighted by atomic mass is 16.2. The third-order valence-corrected chi connectivity index (χ3v) is 4.29. The number of nitrogens with one attached hydrogen (secondary N) is 1. The SMILES string of the molecule is Cn1c(CNC(=O)[C@H](c2ccccc2)n2cnnn2)nc2ccccc21. The van der Waals surface area contributed by atoms with Gasteiger partial charge in [-0.1, -0.05) is 42.5 Å². The van der Waals surface area contributed by atoms with E-state index in [1.165, 1.54) is 11.0 Å². The van der Waals surface area contributed by atoms with Crippen LogP contribution in [0.25, 0.3) is 11.0 Å². The predicted octanol–water partition coefficient (Wildman–Crippen LogP) is 1.47. The molecule has 0 bridgehead atoms. The number of hydrogen-bond acceptors (Lipinski definition) is 5. The van der Waals surface area contributed by atoms with Gasteiger partial charge in [-0.2, -0.15) is 0 Å². The molecule has 1 N–H and O–H groups in total. The lowest BCUT2D eigenvalue weighted by molar-refractivity contribution is -0.123. The quantitative estimate of drug-likeness (QED) is 0.590. The molecule has 2 heterocycles. The Labute approximate surface area is 149 Å². The Morgan fingerprint density at radius 3 is 2.62 bits per heavy atom. The zero-order valence-electron chi connectivity index (χ0n) is 14.1. The Hall–Kier alpha value is -3.55.